The van der Waals surface area contributed by atoms with E-state index in [2.05, 4.69) is 31.1 Å². The molecule has 6 heteroatoms. The highest BCUT2D eigenvalue weighted by Gasteiger charge is 2.12. The number of H-pyrrole nitrogens is 1. The SMILES string of the molecule is Nc1[nH]nc2nc(-c3ccco3)c(Br)cc12. The van der Waals surface area contributed by atoms with E-state index in [9.17, 15) is 0 Å². The molecule has 80 valence electrons. The molecule has 0 spiro atoms. The summed E-state index contributed by atoms with van der Waals surface area (Å²) in [6, 6.07) is 5.53. The molecule has 3 aromatic rings. The fraction of sp³-hybridized carbons (Fsp3) is 0. The van der Waals surface area contributed by atoms with Crippen molar-refractivity contribution in [1.29, 1.82) is 0 Å². The molecule has 0 saturated carbocycles. The summed E-state index contributed by atoms with van der Waals surface area (Å²) in [5, 5.41) is 7.49. The third-order valence-corrected chi connectivity index (χ3v) is 2.89. The number of aromatic amines is 1. The Balaban J connectivity index is 2.30. The highest BCUT2D eigenvalue weighted by atomic mass is 79.9. The Morgan fingerprint density at radius 3 is 3.06 bits per heavy atom. The number of hydrogen-bond donors (Lipinski definition) is 2. The maximum Gasteiger partial charge on any atom is 0.183 e. The zero-order valence-corrected chi connectivity index (χ0v) is 9.65. The Hall–Kier alpha value is -1.82. The first-order chi connectivity index (χ1) is 7.75. The van der Waals surface area contributed by atoms with Crippen molar-refractivity contribution in [2.45, 2.75) is 0 Å². The van der Waals surface area contributed by atoms with Crippen molar-refractivity contribution in [3.8, 4) is 11.5 Å². The lowest BCUT2D eigenvalue weighted by molar-refractivity contribution is 0.580. The maximum absolute atomic E-state index is 5.71. The first-order valence-corrected chi connectivity index (χ1v) is 5.39. The quantitative estimate of drug-likeness (QED) is 0.717. The van der Waals surface area contributed by atoms with Crippen LogP contribution in [0.25, 0.3) is 22.5 Å². The summed E-state index contributed by atoms with van der Waals surface area (Å²) in [7, 11) is 0. The maximum atomic E-state index is 5.71. The van der Waals surface area contributed by atoms with E-state index in [1.54, 1.807) is 6.26 Å². The summed E-state index contributed by atoms with van der Waals surface area (Å²) < 4.78 is 6.12. The van der Waals surface area contributed by atoms with Crippen LogP contribution in [0.5, 0.6) is 0 Å². The second kappa shape index (κ2) is 3.34. The van der Waals surface area contributed by atoms with Crippen molar-refractivity contribution in [2.75, 3.05) is 5.73 Å². The molecule has 0 unspecified atom stereocenters. The van der Waals surface area contributed by atoms with Crippen LogP contribution in [0.3, 0.4) is 0 Å². The lowest BCUT2D eigenvalue weighted by Gasteiger charge is -1.99. The second-order valence-corrected chi connectivity index (χ2v) is 4.16. The number of furan rings is 1. The Morgan fingerprint density at radius 1 is 1.44 bits per heavy atom. The number of nitrogens with one attached hydrogen (secondary N) is 1. The normalized spacial score (nSPS) is 11.1. The number of rotatable bonds is 1. The molecule has 3 N–H and O–H groups in total. The molecule has 0 atom stereocenters. The number of halogens is 1. The summed E-state index contributed by atoms with van der Waals surface area (Å²) in [5.74, 6) is 1.20. The highest BCUT2D eigenvalue weighted by Crippen LogP contribution is 2.30. The minimum absolute atomic E-state index is 0.509. The van der Waals surface area contributed by atoms with E-state index in [4.69, 9.17) is 10.2 Å². The number of aromatic nitrogens is 3. The van der Waals surface area contributed by atoms with Crippen LogP contribution in [0.15, 0.2) is 33.4 Å². The van der Waals surface area contributed by atoms with Crippen LogP contribution in [0, 0.1) is 0 Å². The van der Waals surface area contributed by atoms with E-state index in [-0.39, 0.29) is 0 Å². The monoisotopic (exact) mass is 278 g/mol. The van der Waals surface area contributed by atoms with Gasteiger partial charge in [-0.3, -0.25) is 5.10 Å². The lowest BCUT2D eigenvalue weighted by Crippen LogP contribution is -1.87. The summed E-state index contributed by atoms with van der Waals surface area (Å²) in [6.07, 6.45) is 1.60. The summed E-state index contributed by atoms with van der Waals surface area (Å²) >= 11 is 3.44. The van der Waals surface area contributed by atoms with Crippen molar-refractivity contribution in [1.82, 2.24) is 15.2 Å². The van der Waals surface area contributed by atoms with Crippen LogP contribution >= 0.6 is 15.9 Å². The Morgan fingerprint density at radius 2 is 2.31 bits per heavy atom. The Labute approximate surface area is 98.8 Å². The summed E-state index contributed by atoms with van der Waals surface area (Å²) in [6.45, 7) is 0. The van der Waals surface area contributed by atoms with Gasteiger partial charge in [0.15, 0.2) is 11.4 Å². The van der Waals surface area contributed by atoms with Gasteiger partial charge >= 0.3 is 0 Å². The molecule has 5 nitrogen and oxygen atoms in total. The van der Waals surface area contributed by atoms with Gasteiger partial charge in [-0.2, -0.15) is 5.10 Å². The van der Waals surface area contributed by atoms with Crippen LogP contribution in [-0.2, 0) is 0 Å². The van der Waals surface area contributed by atoms with E-state index in [1.807, 2.05) is 18.2 Å². The molecule has 16 heavy (non-hydrogen) atoms. The zero-order chi connectivity index (χ0) is 11.1. The van der Waals surface area contributed by atoms with E-state index >= 15 is 0 Å². The van der Waals surface area contributed by atoms with Crippen LogP contribution in [0.2, 0.25) is 0 Å². The van der Waals surface area contributed by atoms with Gasteiger partial charge in [0.05, 0.1) is 11.6 Å². The molecular formula is C10H7BrN4O. The molecule has 0 radical (unpaired) electrons. The molecule has 0 amide bonds. The standard InChI is InChI=1S/C10H7BrN4O/c11-6-4-5-9(12)14-15-10(5)13-8(6)7-2-1-3-16-7/h1-4H,(H3,12,13,14,15). The molecule has 0 aliphatic carbocycles. The van der Waals surface area contributed by atoms with Gasteiger partial charge in [-0.1, -0.05) is 0 Å². The number of anilines is 1. The summed E-state index contributed by atoms with van der Waals surface area (Å²) in [4.78, 5) is 4.38. The van der Waals surface area contributed by atoms with Crippen molar-refractivity contribution in [3.63, 3.8) is 0 Å². The predicted octanol–water partition coefficient (Wildman–Crippen LogP) is 2.56. The third-order valence-electron chi connectivity index (χ3n) is 2.28. The van der Waals surface area contributed by atoms with Gasteiger partial charge in [0.1, 0.15) is 11.5 Å². The predicted molar refractivity (Wildman–Crippen MR) is 63.7 cm³/mol. The number of nitrogen functional groups attached to an aromatic ring is 1. The molecule has 3 rings (SSSR count). The molecule has 0 aliphatic heterocycles. The number of nitrogens with two attached hydrogens (primary N) is 1. The average molecular weight is 279 g/mol. The summed E-state index contributed by atoms with van der Waals surface area (Å²) in [5.41, 5.74) is 7.00. The minimum Gasteiger partial charge on any atom is -0.463 e. The van der Waals surface area contributed by atoms with Gasteiger partial charge in [-0.05, 0) is 34.1 Å². The second-order valence-electron chi connectivity index (χ2n) is 3.30. The van der Waals surface area contributed by atoms with Crippen LogP contribution in [-0.4, -0.2) is 15.2 Å². The van der Waals surface area contributed by atoms with Crippen molar-refractivity contribution in [3.05, 3.63) is 28.9 Å². The van der Waals surface area contributed by atoms with Crippen molar-refractivity contribution < 1.29 is 4.42 Å². The van der Waals surface area contributed by atoms with Gasteiger partial charge in [0.2, 0.25) is 0 Å². The van der Waals surface area contributed by atoms with Gasteiger partial charge in [-0.15, -0.1) is 0 Å². The minimum atomic E-state index is 0.509. The van der Waals surface area contributed by atoms with Gasteiger partial charge in [-0.25, -0.2) is 4.98 Å². The topological polar surface area (TPSA) is 80.7 Å². The Bertz CT molecular complexity index is 644. The first-order valence-electron chi connectivity index (χ1n) is 4.59. The van der Waals surface area contributed by atoms with E-state index in [0.29, 0.717) is 22.9 Å². The zero-order valence-electron chi connectivity index (χ0n) is 8.07. The van der Waals surface area contributed by atoms with Crippen molar-refractivity contribution >= 4 is 32.8 Å². The molecule has 3 heterocycles. The molecule has 0 fully saturated rings. The van der Waals surface area contributed by atoms with E-state index < -0.39 is 0 Å². The molecular weight excluding hydrogens is 272 g/mol. The van der Waals surface area contributed by atoms with Crippen LogP contribution in [0.4, 0.5) is 5.82 Å². The number of fused-ring (bicyclic) bond motifs is 1. The molecule has 3 aromatic heterocycles. The molecule has 0 aliphatic rings. The fourth-order valence-corrected chi connectivity index (χ4v) is 2.04. The molecule has 0 saturated heterocycles. The van der Waals surface area contributed by atoms with Gasteiger partial charge < -0.3 is 10.2 Å². The number of nitrogens with zero attached hydrogens (tertiary/aromatic N) is 2. The number of hydrogen-bond acceptors (Lipinski definition) is 4. The van der Waals surface area contributed by atoms with Crippen LogP contribution in [0.1, 0.15) is 0 Å². The average Bonchev–Trinajstić information content (AvgIpc) is 2.89. The number of pyridine rings is 1. The largest absolute Gasteiger partial charge is 0.463 e. The third kappa shape index (κ3) is 1.30. The first kappa shape index (κ1) is 9.41. The molecule has 0 aromatic carbocycles. The van der Waals surface area contributed by atoms with Gasteiger partial charge in [0, 0.05) is 4.47 Å². The van der Waals surface area contributed by atoms with Crippen molar-refractivity contribution in [2.24, 2.45) is 0 Å². The highest BCUT2D eigenvalue weighted by molar-refractivity contribution is 9.10. The van der Waals surface area contributed by atoms with Gasteiger partial charge in [0.25, 0.3) is 0 Å². The lowest BCUT2D eigenvalue weighted by atomic mass is 10.2. The van der Waals surface area contributed by atoms with E-state index in [1.165, 1.54) is 0 Å². The Kier molecular flexibility index (Phi) is 1.97. The smallest absolute Gasteiger partial charge is 0.183 e. The molecule has 0 bridgehead atoms. The fourth-order valence-electron chi connectivity index (χ4n) is 1.52. The van der Waals surface area contributed by atoms with E-state index in [0.717, 1.165) is 9.86 Å². The van der Waals surface area contributed by atoms with Crippen LogP contribution < -0.4 is 5.73 Å².